The van der Waals surface area contributed by atoms with Crippen molar-refractivity contribution in [2.45, 2.75) is 20.0 Å². The molecule has 1 aromatic heterocycles. The minimum atomic E-state index is -2.90. The van der Waals surface area contributed by atoms with Crippen molar-refractivity contribution in [3.63, 3.8) is 0 Å². The average Bonchev–Trinajstić information content (AvgIpc) is 2.57. The van der Waals surface area contributed by atoms with Gasteiger partial charge in [-0.3, -0.25) is 4.57 Å². The Bertz CT molecular complexity index is 287. The second kappa shape index (κ2) is 5.66. The van der Waals surface area contributed by atoms with Crippen LogP contribution in [0.15, 0.2) is 16.8 Å². The Hall–Kier alpha value is -0.150. The van der Waals surface area contributed by atoms with Crippen molar-refractivity contribution in [1.82, 2.24) is 0 Å². The van der Waals surface area contributed by atoms with E-state index in [2.05, 4.69) is 0 Å². The van der Waals surface area contributed by atoms with Crippen LogP contribution in [0.4, 0.5) is 0 Å². The fraction of sp³-hybridized carbons (Fsp3) is 0.556. The van der Waals surface area contributed by atoms with Gasteiger partial charge in [0.2, 0.25) is 0 Å². The molecule has 0 saturated carbocycles. The molecule has 0 aliphatic carbocycles. The zero-order valence-electron chi connectivity index (χ0n) is 8.43. The van der Waals surface area contributed by atoms with Gasteiger partial charge in [0, 0.05) is 0 Å². The number of rotatable bonds is 6. The van der Waals surface area contributed by atoms with Crippen LogP contribution in [0.3, 0.4) is 0 Å². The van der Waals surface area contributed by atoms with Crippen LogP contribution in [0.1, 0.15) is 19.4 Å². The van der Waals surface area contributed by atoms with Crippen LogP contribution in [0.2, 0.25) is 0 Å². The summed E-state index contributed by atoms with van der Waals surface area (Å²) in [6.45, 7) is 4.47. The van der Waals surface area contributed by atoms with Crippen LogP contribution >= 0.6 is 18.9 Å². The van der Waals surface area contributed by atoms with Crippen LogP contribution in [-0.4, -0.2) is 13.2 Å². The van der Waals surface area contributed by atoms with Crippen molar-refractivity contribution in [3.05, 3.63) is 22.4 Å². The van der Waals surface area contributed by atoms with E-state index in [4.69, 9.17) is 9.05 Å². The highest BCUT2D eigenvalue weighted by atomic mass is 32.1. The fourth-order valence-electron chi connectivity index (χ4n) is 1.13. The Labute approximate surface area is 88.6 Å². The van der Waals surface area contributed by atoms with Gasteiger partial charge >= 0.3 is 7.60 Å². The van der Waals surface area contributed by atoms with E-state index < -0.39 is 7.60 Å². The van der Waals surface area contributed by atoms with Gasteiger partial charge in [-0.25, -0.2) is 0 Å². The third kappa shape index (κ3) is 3.54. The van der Waals surface area contributed by atoms with Crippen LogP contribution in [0.5, 0.6) is 0 Å². The maximum atomic E-state index is 12.0. The van der Waals surface area contributed by atoms with Crippen LogP contribution in [0.25, 0.3) is 0 Å². The lowest BCUT2D eigenvalue weighted by Crippen LogP contribution is -1.98. The van der Waals surface area contributed by atoms with Crippen molar-refractivity contribution in [2.24, 2.45) is 0 Å². The molecule has 1 aromatic rings. The van der Waals surface area contributed by atoms with Gasteiger partial charge in [0.25, 0.3) is 0 Å². The third-order valence-electron chi connectivity index (χ3n) is 1.61. The van der Waals surface area contributed by atoms with Crippen molar-refractivity contribution in [2.75, 3.05) is 13.2 Å². The largest absolute Gasteiger partial charge is 0.335 e. The molecule has 0 saturated heterocycles. The molecule has 0 aliphatic rings. The molecule has 0 aliphatic heterocycles. The summed E-state index contributed by atoms with van der Waals surface area (Å²) in [6, 6.07) is 1.94. The van der Waals surface area contributed by atoms with E-state index >= 15 is 0 Å². The SMILES string of the molecule is CCOP(=O)(Cc1ccsc1)OCC. The highest BCUT2D eigenvalue weighted by Gasteiger charge is 2.23. The predicted octanol–water partition coefficient (Wildman–Crippen LogP) is 3.51. The average molecular weight is 234 g/mol. The number of thiophene rings is 1. The summed E-state index contributed by atoms with van der Waals surface area (Å²) in [5, 5.41) is 3.92. The van der Waals surface area contributed by atoms with E-state index in [-0.39, 0.29) is 0 Å². The first-order valence-corrected chi connectivity index (χ1v) is 7.26. The monoisotopic (exact) mass is 234 g/mol. The summed E-state index contributed by atoms with van der Waals surface area (Å²) >= 11 is 1.58. The minimum Gasteiger partial charge on any atom is -0.309 e. The molecule has 0 fully saturated rings. The summed E-state index contributed by atoms with van der Waals surface area (Å²) in [5.74, 6) is 0. The molecule has 3 nitrogen and oxygen atoms in total. The molecule has 1 rings (SSSR count). The van der Waals surface area contributed by atoms with E-state index in [9.17, 15) is 4.57 Å². The standard InChI is InChI=1S/C9H15O3PS/c1-3-11-13(10,12-4-2)7-9-5-6-14-8-9/h5-6,8H,3-4,7H2,1-2H3. The van der Waals surface area contributed by atoms with Crippen molar-refractivity contribution >= 4 is 18.9 Å². The Morgan fingerprint density at radius 2 is 2.00 bits per heavy atom. The van der Waals surface area contributed by atoms with Crippen molar-refractivity contribution in [3.8, 4) is 0 Å². The molecule has 0 aromatic carbocycles. The molecule has 0 unspecified atom stereocenters. The van der Waals surface area contributed by atoms with Gasteiger partial charge in [0.1, 0.15) is 0 Å². The first-order chi connectivity index (χ1) is 6.70. The molecule has 0 radical (unpaired) electrons. The smallest absolute Gasteiger partial charge is 0.309 e. The summed E-state index contributed by atoms with van der Waals surface area (Å²) in [4.78, 5) is 0. The van der Waals surface area contributed by atoms with Crippen molar-refractivity contribution < 1.29 is 13.6 Å². The van der Waals surface area contributed by atoms with Crippen LogP contribution in [-0.2, 0) is 19.8 Å². The number of hydrogen-bond acceptors (Lipinski definition) is 4. The second-order valence-electron chi connectivity index (χ2n) is 2.74. The van der Waals surface area contributed by atoms with Gasteiger partial charge in [-0.1, -0.05) is 0 Å². The highest BCUT2D eigenvalue weighted by molar-refractivity contribution is 7.53. The molecule has 0 atom stereocenters. The molecule has 5 heteroatoms. The van der Waals surface area contributed by atoms with E-state index in [1.807, 2.05) is 30.7 Å². The molecule has 0 bridgehead atoms. The second-order valence-corrected chi connectivity index (χ2v) is 5.57. The van der Waals surface area contributed by atoms with E-state index in [0.717, 1.165) is 5.56 Å². The number of hydrogen-bond donors (Lipinski definition) is 0. The van der Waals surface area contributed by atoms with E-state index in [1.54, 1.807) is 11.3 Å². The first-order valence-electron chi connectivity index (χ1n) is 4.59. The molecule has 80 valence electrons. The van der Waals surface area contributed by atoms with Crippen molar-refractivity contribution in [1.29, 1.82) is 0 Å². The summed E-state index contributed by atoms with van der Waals surface area (Å²) in [5.41, 5.74) is 1.01. The normalized spacial score (nSPS) is 11.9. The molecule has 0 N–H and O–H groups in total. The zero-order chi connectivity index (χ0) is 10.4. The lowest BCUT2D eigenvalue weighted by Gasteiger charge is -2.15. The molecular weight excluding hydrogens is 219 g/mol. The van der Waals surface area contributed by atoms with Gasteiger partial charge in [0.05, 0.1) is 19.4 Å². The summed E-state index contributed by atoms with van der Waals surface area (Å²) in [7, 11) is -2.90. The van der Waals surface area contributed by atoms with Gasteiger partial charge < -0.3 is 9.05 Å². The Kier molecular flexibility index (Phi) is 4.82. The van der Waals surface area contributed by atoms with E-state index in [1.165, 1.54) is 0 Å². The third-order valence-corrected chi connectivity index (χ3v) is 4.40. The fourth-order valence-corrected chi connectivity index (χ4v) is 3.61. The molecule has 14 heavy (non-hydrogen) atoms. The molecule has 1 heterocycles. The quantitative estimate of drug-likeness (QED) is 0.706. The predicted molar refractivity (Wildman–Crippen MR) is 58.9 cm³/mol. The molecule has 0 spiro atoms. The van der Waals surface area contributed by atoms with Gasteiger partial charge in [-0.15, -0.1) is 0 Å². The minimum absolute atomic E-state index is 0.373. The maximum Gasteiger partial charge on any atom is 0.335 e. The Morgan fingerprint density at radius 1 is 1.36 bits per heavy atom. The van der Waals surface area contributed by atoms with Crippen LogP contribution in [0, 0.1) is 0 Å². The highest BCUT2D eigenvalue weighted by Crippen LogP contribution is 2.51. The summed E-state index contributed by atoms with van der Waals surface area (Å²) < 4.78 is 22.4. The van der Waals surface area contributed by atoms with E-state index in [0.29, 0.717) is 19.4 Å². The lowest BCUT2D eigenvalue weighted by atomic mass is 10.4. The molecular formula is C9H15O3PS. The maximum absolute atomic E-state index is 12.0. The Morgan fingerprint density at radius 3 is 2.43 bits per heavy atom. The Balaban J connectivity index is 2.64. The molecule has 0 amide bonds. The van der Waals surface area contributed by atoms with Gasteiger partial charge in [-0.2, -0.15) is 11.3 Å². The van der Waals surface area contributed by atoms with Gasteiger partial charge in [-0.05, 0) is 36.2 Å². The summed E-state index contributed by atoms with van der Waals surface area (Å²) in [6.07, 6.45) is 0.373. The van der Waals surface area contributed by atoms with Gasteiger partial charge in [0.15, 0.2) is 0 Å². The topological polar surface area (TPSA) is 35.5 Å². The lowest BCUT2D eigenvalue weighted by molar-refractivity contribution is 0.219. The zero-order valence-corrected chi connectivity index (χ0v) is 10.1. The first kappa shape index (κ1) is 11.9. The van der Waals surface area contributed by atoms with Crippen LogP contribution < -0.4 is 0 Å².